The zero-order valence-corrected chi connectivity index (χ0v) is 23.2. The smallest absolute Gasteiger partial charge is 0.254 e. The average molecular weight is 583 g/mol. The number of carbonyl (C=O) groups excluding carboxylic acids is 2. The first kappa shape index (κ1) is 28.0. The highest BCUT2D eigenvalue weighted by atomic mass is 19.1. The minimum atomic E-state index is -0.969. The molecule has 43 heavy (non-hydrogen) atoms. The number of hydrogen-bond acceptors (Lipinski definition) is 7. The van der Waals surface area contributed by atoms with Gasteiger partial charge in [-0.15, -0.1) is 5.10 Å². The molecule has 6 rings (SSSR count). The van der Waals surface area contributed by atoms with E-state index in [-0.39, 0.29) is 37.0 Å². The highest BCUT2D eigenvalue weighted by Gasteiger charge is 2.31. The van der Waals surface area contributed by atoms with Gasteiger partial charge in [-0.2, -0.15) is 4.98 Å². The molecule has 3 heterocycles. The average Bonchev–Trinajstić information content (AvgIpc) is 3.41. The molecule has 1 saturated heterocycles. The zero-order valence-electron chi connectivity index (χ0n) is 23.2. The van der Waals surface area contributed by atoms with Gasteiger partial charge in [-0.1, -0.05) is 36.4 Å². The van der Waals surface area contributed by atoms with Crippen LogP contribution in [0.2, 0.25) is 0 Å². The van der Waals surface area contributed by atoms with Crippen LogP contribution >= 0.6 is 0 Å². The molecule has 1 atom stereocenters. The number of nitrogens with one attached hydrogen (secondary N) is 1. The van der Waals surface area contributed by atoms with Gasteiger partial charge in [-0.25, -0.2) is 13.3 Å². The van der Waals surface area contributed by atoms with Crippen LogP contribution < -0.4 is 15.8 Å². The van der Waals surface area contributed by atoms with Crippen LogP contribution in [0.3, 0.4) is 0 Å². The minimum absolute atomic E-state index is 0.103. The van der Waals surface area contributed by atoms with E-state index < -0.39 is 12.2 Å². The Hall–Kier alpha value is -5.16. The fraction of sp³-hybridized carbons (Fsp3) is 0.188. The van der Waals surface area contributed by atoms with Crippen molar-refractivity contribution in [1.29, 1.82) is 0 Å². The molecule has 0 aliphatic carbocycles. The second kappa shape index (κ2) is 11.6. The van der Waals surface area contributed by atoms with E-state index >= 15 is 0 Å². The Morgan fingerprint density at radius 3 is 2.44 bits per heavy atom. The van der Waals surface area contributed by atoms with Crippen molar-refractivity contribution in [2.75, 3.05) is 25.5 Å². The molecular weight excluding hydrogens is 554 g/mol. The normalized spacial score (nSPS) is 13.9. The van der Waals surface area contributed by atoms with Crippen molar-refractivity contribution in [1.82, 2.24) is 19.5 Å². The largest absolute Gasteiger partial charge is 0.495 e. The number of fused-ring (bicyclic) bond motifs is 1. The molecule has 11 heteroatoms. The highest BCUT2D eigenvalue weighted by molar-refractivity contribution is 5.96. The van der Waals surface area contributed by atoms with Crippen molar-refractivity contribution in [2.24, 2.45) is 5.73 Å². The lowest BCUT2D eigenvalue weighted by molar-refractivity contribution is -0.119. The third kappa shape index (κ3) is 5.93. The van der Waals surface area contributed by atoms with E-state index in [2.05, 4.69) is 15.4 Å². The number of rotatable bonds is 9. The molecule has 2 aromatic heterocycles. The second-order valence-corrected chi connectivity index (χ2v) is 10.4. The van der Waals surface area contributed by atoms with Crippen LogP contribution in [0.15, 0.2) is 85.1 Å². The van der Waals surface area contributed by atoms with E-state index in [0.717, 1.165) is 16.7 Å². The topological polar surface area (TPSA) is 115 Å². The first-order valence-corrected chi connectivity index (χ1v) is 13.7. The molecule has 0 bridgehead atoms. The Morgan fingerprint density at radius 1 is 1.02 bits per heavy atom. The Bertz CT molecular complexity index is 1800. The number of anilines is 2. The van der Waals surface area contributed by atoms with E-state index in [1.807, 2.05) is 42.6 Å². The third-order valence-corrected chi connectivity index (χ3v) is 7.39. The number of nitrogens with zero attached hydrogens (tertiary/aromatic N) is 4. The quantitative estimate of drug-likeness (QED) is 0.254. The van der Waals surface area contributed by atoms with E-state index in [1.165, 1.54) is 36.3 Å². The van der Waals surface area contributed by atoms with Crippen molar-refractivity contribution in [3.63, 3.8) is 0 Å². The number of Topliss-reactive ketones (excluding diaryl/α,β-unsaturated/α-hetero) is 1. The van der Waals surface area contributed by atoms with Crippen LogP contribution in [0.4, 0.5) is 20.4 Å². The number of ketones is 1. The van der Waals surface area contributed by atoms with Crippen LogP contribution in [-0.4, -0.2) is 57.6 Å². The number of methoxy groups -OCH3 is 1. The molecule has 3 N–H and O–H groups in total. The molecule has 0 unspecified atom stereocenters. The summed E-state index contributed by atoms with van der Waals surface area (Å²) in [5.41, 5.74) is 10.9. The summed E-state index contributed by atoms with van der Waals surface area (Å²) in [7, 11) is 1.50. The molecule has 1 aliphatic heterocycles. The Morgan fingerprint density at radius 2 is 1.74 bits per heavy atom. The Labute approximate surface area is 245 Å². The summed E-state index contributed by atoms with van der Waals surface area (Å²) in [6.45, 7) is 0.206. The lowest BCUT2D eigenvalue weighted by atomic mass is 9.97. The van der Waals surface area contributed by atoms with Crippen molar-refractivity contribution >= 4 is 29.0 Å². The molecule has 0 radical (unpaired) electrons. The number of ether oxygens (including phenoxy) is 1. The van der Waals surface area contributed by atoms with Gasteiger partial charge in [0.25, 0.3) is 5.91 Å². The van der Waals surface area contributed by atoms with Crippen LogP contribution in [0.5, 0.6) is 5.75 Å². The lowest BCUT2D eigenvalue weighted by Gasteiger charge is -2.34. The van der Waals surface area contributed by atoms with Crippen LogP contribution in [0.25, 0.3) is 16.8 Å². The fourth-order valence-corrected chi connectivity index (χ4v) is 4.91. The number of carbonyl (C=O) groups is 2. The SMILES string of the molecule is COc1cc(C(=O)N2CC(F)C2)ccc1Nc1nc2ccc(-c3ccc(CC(=O)[C@H](N)c4ccc(F)cc4)cc3)cn2n1. The zero-order chi connectivity index (χ0) is 30.1. The summed E-state index contributed by atoms with van der Waals surface area (Å²) in [4.78, 5) is 31.2. The maximum Gasteiger partial charge on any atom is 0.254 e. The van der Waals surface area contributed by atoms with Crippen LogP contribution in [-0.2, 0) is 11.2 Å². The second-order valence-electron chi connectivity index (χ2n) is 10.4. The summed E-state index contributed by atoms with van der Waals surface area (Å²) in [6, 6.07) is 21.1. The van der Waals surface area contributed by atoms with Gasteiger partial charge in [-0.05, 0) is 59.2 Å². The summed E-state index contributed by atoms with van der Waals surface area (Å²) < 4.78 is 33.5. The number of alkyl halides is 1. The summed E-state index contributed by atoms with van der Waals surface area (Å²) in [5, 5.41) is 7.67. The third-order valence-electron chi connectivity index (χ3n) is 7.39. The molecule has 1 fully saturated rings. The first-order valence-electron chi connectivity index (χ1n) is 13.7. The van der Waals surface area contributed by atoms with Crippen molar-refractivity contribution < 1.29 is 23.1 Å². The number of amides is 1. The van der Waals surface area contributed by atoms with Gasteiger partial charge in [0.15, 0.2) is 11.4 Å². The Kier molecular flexibility index (Phi) is 7.56. The van der Waals surface area contributed by atoms with E-state index in [1.54, 1.807) is 22.7 Å². The van der Waals surface area contributed by atoms with Crippen molar-refractivity contribution in [3.8, 4) is 16.9 Å². The van der Waals surface area contributed by atoms with E-state index in [4.69, 9.17) is 10.5 Å². The molecular formula is C32H28F2N6O3. The molecule has 1 aliphatic rings. The molecule has 1 amide bonds. The minimum Gasteiger partial charge on any atom is -0.495 e. The monoisotopic (exact) mass is 582 g/mol. The van der Waals surface area contributed by atoms with Gasteiger partial charge < -0.3 is 20.7 Å². The van der Waals surface area contributed by atoms with Crippen LogP contribution in [0, 0.1) is 5.82 Å². The maximum atomic E-state index is 13.2. The van der Waals surface area contributed by atoms with Gasteiger partial charge in [0, 0.05) is 23.7 Å². The number of halogens is 2. The molecule has 9 nitrogen and oxygen atoms in total. The number of hydrogen-bond donors (Lipinski definition) is 2. The fourth-order valence-electron chi connectivity index (χ4n) is 4.91. The molecule has 0 saturated carbocycles. The maximum absolute atomic E-state index is 13.2. The van der Waals surface area contributed by atoms with E-state index in [0.29, 0.717) is 34.2 Å². The predicted molar refractivity (Wildman–Crippen MR) is 158 cm³/mol. The Balaban J connectivity index is 1.14. The number of benzene rings is 3. The predicted octanol–water partition coefficient (Wildman–Crippen LogP) is 4.89. The molecule has 218 valence electrons. The molecule has 5 aromatic rings. The van der Waals surface area contributed by atoms with Crippen LogP contribution in [0.1, 0.15) is 27.5 Å². The summed E-state index contributed by atoms with van der Waals surface area (Å²) in [6.07, 6.45) is 1.04. The van der Waals surface area contributed by atoms with Gasteiger partial charge in [0.05, 0.1) is 31.9 Å². The molecule has 3 aromatic carbocycles. The van der Waals surface area contributed by atoms with Crippen molar-refractivity contribution in [3.05, 3.63) is 108 Å². The lowest BCUT2D eigenvalue weighted by Crippen LogP contribution is -2.51. The van der Waals surface area contributed by atoms with Gasteiger partial charge in [0.1, 0.15) is 17.7 Å². The van der Waals surface area contributed by atoms with Gasteiger partial charge >= 0.3 is 0 Å². The summed E-state index contributed by atoms with van der Waals surface area (Å²) in [5.74, 6) is -0.0150. The number of nitrogens with two attached hydrogens (primary N) is 1. The number of aromatic nitrogens is 3. The number of likely N-dealkylation sites (tertiary alicyclic amines) is 1. The first-order chi connectivity index (χ1) is 20.8. The van der Waals surface area contributed by atoms with E-state index in [9.17, 15) is 18.4 Å². The van der Waals surface area contributed by atoms with Gasteiger partial charge in [0.2, 0.25) is 5.95 Å². The molecule has 0 spiro atoms. The number of pyridine rings is 1. The van der Waals surface area contributed by atoms with Gasteiger partial charge in [-0.3, -0.25) is 9.59 Å². The highest BCUT2D eigenvalue weighted by Crippen LogP contribution is 2.30. The standard InChI is InChI=1S/C32H28F2N6O3/c1-43-28-15-22(31(42)39-17-25(34)18-39)8-12-26(28)36-32-37-29-13-9-23(16-40(29)38-32)20-4-2-19(3-5-20)14-27(41)30(35)21-6-10-24(33)11-7-21/h2-13,15-16,25,30H,14,17-18,35H2,1H3,(H,36,38)/t30-/m1/s1. The summed E-state index contributed by atoms with van der Waals surface area (Å²) >= 11 is 0. The van der Waals surface area contributed by atoms with Crippen molar-refractivity contribution in [2.45, 2.75) is 18.6 Å².